The number of thioether (sulfide) groups is 1. The molecule has 1 aromatic heterocycles. The number of aromatic nitrogens is 1. The lowest BCUT2D eigenvalue weighted by Crippen LogP contribution is -2.30. The van der Waals surface area contributed by atoms with E-state index in [1.807, 2.05) is 44.2 Å². The second-order valence-corrected chi connectivity index (χ2v) is 8.60. The normalized spacial score (nSPS) is 14.3. The van der Waals surface area contributed by atoms with Crippen LogP contribution in [0.4, 0.5) is 0 Å². The number of esters is 1. The van der Waals surface area contributed by atoms with Crippen LogP contribution in [0.3, 0.4) is 0 Å². The van der Waals surface area contributed by atoms with Crippen molar-refractivity contribution in [1.82, 2.24) is 4.57 Å². The minimum Gasteiger partial charge on any atom is -0.467 e. The Bertz CT molecular complexity index is 1340. The van der Waals surface area contributed by atoms with Crippen LogP contribution in [0.15, 0.2) is 88.7 Å². The molecule has 1 atom stereocenters. The predicted octanol–water partition coefficient (Wildman–Crippen LogP) is 6.11. The zero-order valence-electron chi connectivity index (χ0n) is 19.1. The lowest BCUT2D eigenvalue weighted by atomic mass is 9.93. The van der Waals surface area contributed by atoms with Crippen LogP contribution >= 0.6 is 11.8 Å². The summed E-state index contributed by atoms with van der Waals surface area (Å²) in [4.78, 5) is 25.4. The average Bonchev–Trinajstić information content (AvgIpc) is 3.31. The Morgan fingerprint density at radius 1 is 0.970 bits per heavy atom. The molecular weight excluding hydrogens is 430 g/mol. The number of rotatable bonds is 4. The molecule has 0 bridgehead atoms. The number of ether oxygens (including phenoxy) is 1. The van der Waals surface area contributed by atoms with Crippen molar-refractivity contribution in [2.24, 2.45) is 0 Å². The van der Waals surface area contributed by atoms with Gasteiger partial charge in [-0.05, 0) is 33.9 Å². The number of carbonyl (C=O) groups is 1. The van der Waals surface area contributed by atoms with E-state index in [0.29, 0.717) is 12.2 Å². The zero-order valence-corrected chi connectivity index (χ0v) is 19.9. The van der Waals surface area contributed by atoms with Crippen molar-refractivity contribution < 1.29 is 9.53 Å². The van der Waals surface area contributed by atoms with Gasteiger partial charge in [-0.2, -0.15) is 0 Å². The summed E-state index contributed by atoms with van der Waals surface area (Å²) in [6.07, 6.45) is 0.637. The fraction of sp³-hybridized carbons (Fsp3) is 0.214. The van der Waals surface area contributed by atoms with Crippen molar-refractivity contribution in [3.63, 3.8) is 0 Å². The molecule has 0 fully saturated rings. The quantitative estimate of drug-likeness (QED) is 0.347. The van der Waals surface area contributed by atoms with Crippen LogP contribution in [0, 0.1) is 0 Å². The number of nitrogens with zero attached hydrogens (tertiary/aromatic N) is 1. The summed E-state index contributed by atoms with van der Waals surface area (Å²) in [5.74, 6) is 0.119. The summed E-state index contributed by atoms with van der Waals surface area (Å²) in [5, 5.41) is 3.20. The van der Waals surface area contributed by atoms with E-state index in [1.165, 1.54) is 23.4 Å². The number of hydrogen-bond acceptors (Lipinski definition) is 4. The molecule has 0 N–H and O–H groups in total. The lowest BCUT2D eigenvalue weighted by molar-refractivity contribution is -0.143. The van der Waals surface area contributed by atoms with Gasteiger partial charge in [0.25, 0.3) is 5.56 Å². The van der Waals surface area contributed by atoms with Gasteiger partial charge < -0.3 is 4.74 Å². The summed E-state index contributed by atoms with van der Waals surface area (Å²) in [5.41, 5.74) is 4.04. The molecule has 1 aliphatic rings. The van der Waals surface area contributed by atoms with E-state index in [0.717, 1.165) is 21.7 Å². The summed E-state index contributed by atoms with van der Waals surface area (Å²) in [6.45, 7) is 4.00. The molecule has 5 rings (SSSR count). The van der Waals surface area contributed by atoms with Gasteiger partial charge >= 0.3 is 5.97 Å². The number of hydrogen-bond donors (Lipinski definition) is 0. The van der Waals surface area contributed by atoms with E-state index < -0.39 is 6.04 Å². The lowest BCUT2D eigenvalue weighted by Gasteiger charge is -2.18. The summed E-state index contributed by atoms with van der Waals surface area (Å²) in [6, 6.07) is 25.8. The monoisotopic (exact) mass is 457 g/mol. The predicted molar refractivity (Wildman–Crippen MR) is 136 cm³/mol. The molecule has 4 aromatic rings. The van der Waals surface area contributed by atoms with E-state index in [-0.39, 0.29) is 11.5 Å². The maximum atomic E-state index is 13.1. The van der Waals surface area contributed by atoms with Crippen LogP contribution in [0.25, 0.3) is 21.9 Å². The molecular formula is C28H27NO3S. The highest BCUT2D eigenvalue weighted by molar-refractivity contribution is 7.99. The maximum Gasteiger partial charge on any atom is 0.329 e. The van der Waals surface area contributed by atoms with Crippen molar-refractivity contribution >= 4 is 28.5 Å². The average molecular weight is 458 g/mol. The fourth-order valence-electron chi connectivity index (χ4n) is 4.33. The highest BCUT2D eigenvalue weighted by atomic mass is 32.2. The van der Waals surface area contributed by atoms with Gasteiger partial charge in [-0.25, -0.2) is 4.79 Å². The Morgan fingerprint density at radius 3 is 2.42 bits per heavy atom. The standard InChI is InChI=1S/C26H21NO3S.C2H6/c1-30-26(29)22-16-31-25-24(18-9-3-2-4-10-18)20(15-23(28)27(22)25)14-19-12-7-11-17-8-5-6-13-21(17)19;1-2/h2-13,15,22H,14,16H2,1H3;1-2H3/t22-;/m0./s1. The fourth-order valence-corrected chi connectivity index (χ4v) is 5.68. The molecule has 0 radical (unpaired) electrons. The third-order valence-corrected chi connectivity index (χ3v) is 6.93. The van der Waals surface area contributed by atoms with E-state index in [4.69, 9.17) is 4.74 Å². The van der Waals surface area contributed by atoms with Crippen molar-refractivity contribution in [3.8, 4) is 11.1 Å². The van der Waals surface area contributed by atoms with E-state index in [2.05, 4.69) is 42.5 Å². The molecule has 5 heteroatoms. The van der Waals surface area contributed by atoms with Gasteiger partial charge in [0.15, 0.2) is 0 Å². The molecule has 0 saturated heterocycles. The van der Waals surface area contributed by atoms with Crippen molar-refractivity contribution in [3.05, 3.63) is 100 Å². The molecule has 4 nitrogen and oxygen atoms in total. The molecule has 2 heterocycles. The van der Waals surface area contributed by atoms with Crippen LogP contribution in [-0.4, -0.2) is 23.4 Å². The molecule has 168 valence electrons. The van der Waals surface area contributed by atoms with Crippen LogP contribution in [0.2, 0.25) is 0 Å². The first-order chi connectivity index (χ1) is 16.2. The summed E-state index contributed by atoms with van der Waals surface area (Å²) >= 11 is 1.55. The topological polar surface area (TPSA) is 48.3 Å². The molecule has 0 spiro atoms. The first-order valence-electron chi connectivity index (χ1n) is 11.2. The minimum absolute atomic E-state index is 0.162. The van der Waals surface area contributed by atoms with Gasteiger partial charge in [-0.1, -0.05) is 86.6 Å². The molecule has 3 aromatic carbocycles. The molecule has 0 saturated carbocycles. The van der Waals surface area contributed by atoms with Gasteiger partial charge in [0.1, 0.15) is 6.04 Å². The number of fused-ring (bicyclic) bond motifs is 2. The Kier molecular flexibility index (Phi) is 6.99. The third-order valence-electron chi connectivity index (χ3n) is 5.78. The Morgan fingerprint density at radius 2 is 1.67 bits per heavy atom. The second kappa shape index (κ2) is 10.1. The number of carbonyl (C=O) groups excluding carboxylic acids is 1. The van der Waals surface area contributed by atoms with Crippen LogP contribution < -0.4 is 5.56 Å². The largest absolute Gasteiger partial charge is 0.467 e. The van der Waals surface area contributed by atoms with Crippen molar-refractivity contribution in [2.45, 2.75) is 31.3 Å². The number of benzene rings is 3. The molecule has 0 unspecified atom stereocenters. The number of pyridine rings is 1. The van der Waals surface area contributed by atoms with Crippen molar-refractivity contribution in [1.29, 1.82) is 0 Å². The van der Waals surface area contributed by atoms with Gasteiger partial charge in [0.2, 0.25) is 0 Å². The smallest absolute Gasteiger partial charge is 0.329 e. The molecule has 1 aliphatic heterocycles. The SMILES string of the molecule is CC.COC(=O)[C@@H]1CSc2c(-c3ccccc3)c(Cc3cccc4ccccc34)cc(=O)n21. The first-order valence-corrected chi connectivity index (χ1v) is 12.2. The third kappa shape index (κ3) is 4.33. The van der Waals surface area contributed by atoms with Crippen molar-refractivity contribution in [2.75, 3.05) is 12.9 Å². The van der Waals surface area contributed by atoms with E-state index in [9.17, 15) is 9.59 Å². The second-order valence-electron chi connectivity index (χ2n) is 7.59. The minimum atomic E-state index is -0.591. The van der Waals surface area contributed by atoms with E-state index >= 15 is 0 Å². The Hall–Kier alpha value is -3.31. The van der Waals surface area contributed by atoms with Gasteiger partial charge in [-0.3, -0.25) is 9.36 Å². The maximum absolute atomic E-state index is 13.1. The number of methoxy groups -OCH3 is 1. The van der Waals surface area contributed by atoms with Gasteiger partial charge in [0, 0.05) is 17.4 Å². The van der Waals surface area contributed by atoms with Crippen LogP contribution in [0.1, 0.15) is 31.0 Å². The molecule has 33 heavy (non-hydrogen) atoms. The Balaban J connectivity index is 0.00000126. The molecule has 0 aliphatic carbocycles. The van der Waals surface area contributed by atoms with E-state index in [1.54, 1.807) is 22.4 Å². The van der Waals surface area contributed by atoms with Gasteiger partial charge in [0.05, 0.1) is 12.1 Å². The Labute approximate surface area is 198 Å². The molecule has 0 amide bonds. The van der Waals surface area contributed by atoms with Crippen LogP contribution in [0.5, 0.6) is 0 Å². The first kappa shape index (κ1) is 22.9. The van der Waals surface area contributed by atoms with Crippen LogP contribution in [-0.2, 0) is 16.0 Å². The highest BCUT2D eigenvalue weighted by Gasteiger charge is 2.33. The zero-order chi connectivity index (χ0) is 23.4. The summed E-state index contributed by atoms with van der Waals surface area (Å²) in [7, 11) is 1.36. The summed E-state index contributed by atoms with van der Waals surface area (Å²) < 4.78 is 6.56. The highest BCUT2D eigenvalue weighted by Crippen LogP contribution is 2.41. The van der Waals surface area contributed by atoms with Gasteiger partial charge in [-0.15, -0.1) is 11.8 Å².